The number of piperidine rings is 1. The van der Waals surface area contributed by atoms with Crippen molar-refractivity contribution in [3.05, 3.63) is 48.0 Å². The summed E-state index contributed by atoms with van der Waals surface area (Å²) in [7, 11) is 0. The Hall–Kier alpha value is -2.38. The molecular formula is C26H36N6S. The van der Waals surface area contributed by atoms with Crippen LogP contribution in [0.2, 0.25) is 0 Å². The van der Waals surface area contributed by atoms with E-state index in [0.29, 0.717) is 12.0 Å². The van der Waals surface area contributed by atoms with E-state index in [0.717, 1.165) is 34.7 Å². The average Bonchev–Trinajstić information content (AvgIpc) is 3.18. The second-order valence-electron chi connectivity index (χ2n) is 9.62. The summed E-state index contributed by atoms with van der Waals surface area (Å²) in [6, 6.07) is 8.84. The molecular weight excluding hydrogens is 428 g/mol. The zero-order chi connectivity index (χ0) is 23.5. The van der Waals surface area contributed by atoms with Crippen LogP contribution < -0.4 is 5.32 Å². The van der Waals surface area contributed by atoms with Crippen LogP contribution in [-0.4, -0.2) is 36.9 Å². The molecule has 1 N–H and O–H groups in total. The molecule has 1 saturated heterocycles. The average molecular weight is 465 g/mol. The van der Waals surface area contributed by atoms with Gasteiger partial charge in [-0.1, -0.05) is 13.8 Å². The highest BCUT2D eigenvalue weighted by atomic mass is 32.2. The first-order valence-electron chi connectivity index (χ1n) is 12.0. The van der Waals surface area contributed by atoms with Crippen molar-refractivity contribution in [1.29, 1.82) is 0 Å². The van der Waals surface area contributed by atoms with E-state index in [-0.39, 0.29) is 0 Å². The quantitative estimate of drug-likeness (QED) is 0.395. The molecule has 0 atom stereocenters. The molecule has 0 unspecified atom stereocenters. The number of aromatic nitrogens is 4. The maximum atomic E-state index is 4.78. The highest BCUT2D eigenvalue weighted by molar-refractivity contribution is 7.97. The van der Waals surface area contributed by atoms with Crippen molar-refractivity contribution < 1.29 is 0 Å². The van der Waals surface area contributed by atoms with E-state index in [2.05, 4.69) is 77.0 Å². The van der Waals surface area contributed by atoms with Crippen LogP contribution in [-0.2, 0) is 0 Å². The van der Waals surface area contributed by atoms with Crippen LogP contribution in [0, 0.1) is 25.7 Å². The van der Waals surface area contributed by atoms with Crippen molar-refractivity contribution in [2.75, 3.05) is 18.4 Å². The van der Waals surface area contributed by atoms with Gasteiger partial charge >= 0.3 is 0 Å². The lowest BCUT2D eigenvalue weighted by Gasteiger charge is -2.33. The summed E-state index contributed by atoms with van der Waals surface area (Å²) in [6.45, 7) is 15.5. The van der Waals surface area contributed by atoms with Gasteiger partial charge in [0.25, 0.3) is 0 Å². The minimum absolute atomic E-state index is 0.317. The van der Waals surface area contributed by atoms with E-state index < -0.39 is 0 Å². The van der Waals surface area contributed by atoms with E-state index in [9.17, 15) is 0 Å². The molecule has 3 heterocycles. The smallest absolute Gasteiger partial charge is 0.227 e. The predicted molar refractivity (Wildman–Crippen MR) is 138 cm³/mol. The van der Waals surface area contributed by atoms with Gasteiger partial charge in [0.1, 0.15) is 5.82 Å². The molecule has 6 nitrogen and oxygen atoms in total. The van der Waals surface area contributed by atoms with E-state index in [4.69, 9.17) is 4.98 Å². The summed E-state index contributed by atoms with van der Waals surface area (Å²) in [6.07, 6.45) is 6.29. The molecule has 176 valence electrons. The molecule has 7 heteroatoms. The highest BCUT2D eigenvalue weighted by Gasteiger charge is 2.22. The van der Waals surface area contributed by atoms with Crippen LogP contribution in [0.15, 0.2) is 41.6 Å². The molecule has 2 aromatic heterocycles. The largest absolute Gasteiger partial charge is 0.324 e. The normalized spacial score (nSPS) is 15.5. The number of hydrogen-bond donors (Lipinski definition) is 1. The van der Waals surface area contributed by atoms with Crippen molar-refractivity contribution in [2.45, 2.75) is 65.3 Å². The van der Waals surface area contributed by atoms with Gasteiger partial charge in [0.2, 0.25) is 5.95 Å². The standard InChI is InChI=1S/C26H36N6S/c1-17(2)21-10-13-31(14-11-21)33-22-7-8-23(19(5)15-22)29-26-27-12-9-24(30-26)25-16-28-20(6)32(25)18(3)4/h7-9,12,15-18,21H,10-11,13-14H2,1-6H3,(H,27,29,30). The van der Waals surface area contributed by atoms with Crippen LogP contribution in [0.3, 0.4) is 0 Å². The van der Waals surface area contributed by atoms with Gasteiger partial charge in [0.05, 0.1) is 17.6 Å². The van der Waals surface area contributed by atoms with Gasteiger partial charge in [-0.25, -0.2) is 19.3 Å². The SMILES string of the molecule is Cc1cc(SN2CCC(C(C)C)CC2)ccc1Nc1nccc(-c2cnc(C)n2C(C)C)n1. The summed E-state index contributed by atoms with van der Waals surface area (Å²) in [5.74, 6) is 3.25. The van der Waals surface area contributed by atoms with Crippen LogP contribution in [0.5, 0.6) is 0 Å². The lowest BCUT2D eigenvalue weighted by molar-refractivity contribution is 0.237. The first kappa shape index (κ1) is 23.8. The lowest BCUT2D eigenvalue weighted by Crippen LogP contribution is -2.30. The Morgan fingerprint density at radius 1 is 1.03 bits per heavy atom. The van der Waals surface area contributed by atoms with Crippen molar-refractivity contribution >= 4 is 23.6 Å². The molecule has 0 spiro atoms. The van der Waals surface area contributed by atoms with Gasteiger partial charge in [0.15, 0.2) is 0 Å². The summed E-state index contributed by atoms with van der Waals surface area (Å²) in [4.78, 5) is 15.0. The fraction of sp³-hybridized carbons (Fsp3) is 0.500. The fourth-order valence-electron chi connectivity index (χ4n) is 4.59. The predicted octanol–water partition coefficient (Wildman–Crippen LogP) is 6.66. The third-order valence-corrected chi connectivity index (χ3v) is 7.62. The Bertz CT molecular complexity index is 1080. The molecule has 1 fully saturated rings. The molecule has 0 aliphatic carbocycles. The van der Waals surface area contributed by atoms with Gasteiger partial charge in [-0.05, 0) is 94.1 Å². The minimum Gasteiger partial charge on any atom is -0.324 e. The number of rotatable bonds is 7. The van der Waals surface area contributed by atoms with Gasteiger partial charge in [-0.15, -0.1) is 0 Å². The molecule has 0 radical (unpaired) electrons. The van der Waals surface area contributed by atoms with Crippen molar-refractivity contribution in [3.8, 4) is 11.4 Å². The van der Waals surface area contributed by atoms with Crippen LogP contribution >= 0.6 is 11.9 Å². The first-order valence-corrected chi connectivity index (χ1v) is 12.8. The van der Waals surface area contributed by atoms with E-state index in [1.54, 1.807) is 6.20 Å². The number of nitrogens with one attached hydrogen (secondary N) is 1. The molecule has 4 rings (SSSR count). The molecule has 1 aliphatic rings. The van der Waals surface area contributed by atoms with Crippen LogP contribution in [0.4, 0.5) is 11.6 Å². The second kappa shape index (κ2) is 10.3. The van der Waals surface area contributed by atoms with Gasteiger partial charge in [0, 0.05) is 35.9 Å². The maximum Gasteiger partial charge on any atom is 0.227 e. The molecule has 0 bridgehead atoms. The molecule has 3 aromatic rings. The second-order valence-corrected chi connectivity index (χ2v) is 10.8. The van der Waals surface area contributed by atoms with E-state index in [1.165, 1.54) is 36.4 Å². The van der Waals surface area contributed by atoms with Crippen molar-refractivity contribution in [2.24, 2.45) is 11.8 Å². The zero-order valence-corrected chi connectivity index (χ0v) is 21.5. The molecule has 1 aliphatic heterocycles. The highest BCUT2D eigenvalue weighted by Crippen LogP contribution is 2.33. The summed E-state index contributed by atoms with van der Waals surface area (Å²) in [5.41, 5.74) is 4.10. The van der Waals surface area contributed by atoms with Crippen LogP contribution in [0.25, 0.3) is 11.4 Å². The van der Waals surface area contributed by atoms with E-state index >= 15 is 0 Å². The molecule has 1 aromatic carbocycles. The number of imidazole rings is 1. The monoisotopic (exact) mass is 464 g/mol. The minimum atomic E-state index is 0.317. The Kier molecular flexibility index (Phi) is 7.39. The third kappa shape index (κ3) is 5.58. The Labute approximate surface area is 202 Å². The Morgan fingerprint density at radius 2 is 1.79 bits per heavy atom. The fourth-order valence-corrected chi connectivity index (χ4v) is 5.64. The summed E-state index contributed by atoms with van der Waals surface area (Å²) in [5, 5.41) is 3.41. The van der Waals surface area contributed by atoms with E-state index in [1.807, 2.05) is 31.1 Å². The number of hydrogen-bond acceptors (Lipinski definition) is 6. The first-order chi connectivity index (χ1) is 15.8. The maximum absolute atomic E-state index is 4.78. The Balaban J connectivity index is 1.45. The molecule has 0 amide bonds. The summed E-state index contributed by atoms with van der Waals surface area (Å²) < 4.78 is 4.71. The van der Waals surface area contributed by atoms with Gasteiger partial charge in [-0.2, -0.15) is 0 Å². The number of nitrogens with zero attached hydrogens (tertiary/aromatic N) is 5. The third-order valence-electron chi connectivity index (χ3n) is 6.54. The topological polar surface area (TPSA) is 58.9 Å². The van der Waals surface area contributed by atoms with Crippen molar-refractivity contribution in [1.82, 2.24) is 23.8 Å². The molecule has 33 heavy (non-hydrogen) atoms. The number of aryl methyl sites for hydroxylation is 2. The number of anilines is 2. The Morgan fingerprint density at radius 3 is 2.45 bits per heavy atom. The van der Waals surface area contributed by atoms with Gasteiger partial charge < -0.3 is 9.88 Å². The summed E-state index contributed by atoms with van der Waals surface area (Å²) >= 11 is 1.88. The van der Waals surface area contributed by atoms with Gasteiger partial charge in [-0.3, -0.25) is 0 Å². The number of benzene rings is 1. The lowest BCUT2D eigenvalue weighted by atomic mass is 9.87. The van der Waals surface area contributed by atoms with Crippen molar-refractivity contribution in [3.63, 3.8) is 0 Å². The molecule has 0 saturated carbocycles. The van der Waals surface area contributed by atoms with Crippen LogP contribution in [0.1, 0.15) is 58.0 Å². The zero-order valence-electron chi connectivity index (χ0n) is 20.7.